The van der Waals surface area contributed by atoms with Crippen molar-refractivity contribution in [1.82, 2.24) is 9.88 Å². The zero-order chi connectivity index (χ0) is 14.0. The van der Waals surface area contributed by atoms with E-state index in [0.29, 0.717) is 12.1 Å². The summed E-state index contributed by atoms with van der Waals surface area (Å²) in [5, 5.41) is 12.1. The van der Waals surface area contributed by atoms with Crippen molar-refractivity contribution in [3.63, 3.8) is 0 Å². The fourth-order valence-corrected chi connectivity index (χ4v) is 2.23. The van der Waals surface area contributed by atoms with Crippen molar-refractivity contribution in [1.29, 1.82) is 0 Å². The second kappa shape index (κ2) is 5.13. The van der Waals surface area contributed by atoms with Crippen LogP contribution in [0.1, 0.15) is 23.2 Å². The van der Waals surface area contributed by atoms with Crippen LogP contribution in [0.5, 0.6) is 0 Å². The number of amides is 1. The number of aliphatic hydroxyl groups excluding tert-OH is 1. The van der Waals surface area contributed by atoms with Gasteiger partial charge in [0.05, 0.1) is 6.61 Å². The van der Waals surface area contributed by atoms with Crippen LogP contribution in [0.4, 0.5) is 0 Å². The number of hydrogen-bond acceptors (Lipinski definition) is 2. The van der Waals surface area contributed by atoms with Gasteiger partial charge in [0, 0.05) is 35.6 Å². The molecule has 1 aromatic carbocycles. The Balaban J connectivity index is 1.64. The molecule has 104 valence electrons. The van der Waals surface area contributed by atoms with Gasteiger partial charge in [0.15, 0.2) is 0 Å². The minimum Gasteiger partial charge on any atom is -0.396 e. The van der Waals surface area contributed by atoms with Gasteiger partial charge in [-0.1, -0.05) is 0 Å². The van der Waals surface area contributed by atoms with Gasteiger partial charge in [0.2, 0.25) is 0 Å². The van der Waals surface area contributed by atoms with Gasteiger partial charge < -0.3 is 15.0 Å². The lowest BCUT2D eigenvalue weighted by Crippen LogP contribution is -2.31. The lowest BCUT2D eigenvalue weighted by molar-refractivity contribution is 0.0935. The highest BCUT2D eigenvalue weighted by molar-refractivity contribution is 5.94. The van der Waals surface area contributed by atoms with Crippen LogP contribution < -0.4 is 5.32 Å². The smallest absolute Gasteiger partial charge is 0.251 e. The average molecular weight is 270 g/mol. The van der Waals surface area contributed by atoms with Crippen LogP contribution in [0.2, 0.25) is 0 Å². The highest BCUT2D eigenvalue weighted by Gasteiger charge is 2.42. The molecule has 1 aliphatic rings. The van der Waals surface area contributed by atoms with Gasteiger partial charge in [-0.2, -0.15) is 0 Å². The fraction of sp³-hybridized carbons (Fsp3) is 0.312. The van der Waals surface area contributed by atoms with E-state index in [1.807, 2.05) is 53.4 Å². The van der Waals surface area contributed by atoms with Crippen molar-refractivity contribution >= 4 is 5.91 Å². The normalized spacial score (nSPS) is 15.8. The van der Waals surface area contributed by atoms with Gasteiger partial charge in [-0.3, -0.25) is 4.79 Å². The number of nitrogens with zero attached hydrogens (tertiary/aromatic N) is 1. The van der Waals surface area contributed by atoms with Gasteiger partial charge in [-0.05, 0) is 49.2 Å². The van der Waals surface area contributed by atoms with Crippen molar-refractivity contribution in [2.75, 3.05) is 13.2 Å². The Kier molecular flexibility index (Phi) is 3.32. The number of carbonyl (C=O) groups is 1. The van der Waals surface area contributed by atoms with Gasteiger partial charge in [-0.15, -0.1) is 0 Å². The van der Waals surface area contributed by atoms with E-state index in [1.54, 1.807) is 0 Å². The first-order valence-corrected chi connectivity index (χ1v) is 6.85. The quantitative estimate of drug-likeness (QED) is 0.873. The third-order valence-corrected chi connectivity index (χ3v) is 3.95. The lowest BCUT2D eigenvalue weighted by atomic mass is 10.1. The Morgan fingerprint density at radius 1 is 1.20 bits per heavy atom. The average Bonchev–Trinajstić information content (AvgIpc) is 3.07. The SMILES string of the molecule is O=C(NCC1(CO)CC1)c1ccc(-n2cccc2)cc1. The molecule has 1 aromatic heterocycles. The number of aliphatic hydroxyl groups is 1. The van der Waals surface area contributed by atoms with E-state index >= 15 is 0 Å². The summed E-state index contributed by atoms with van der Waals surface area (Å²) in [6, 6.07) is 11.4. The van der Waals surface area contributed by atoms with Crippen molar-refractivity contribution in [3.05, 3.63) is 54.4 Å². The van der Waals surface area contributed by atoms with Crippen molar-refractivity contribution in [2.24, 2.45) is 5.41 Å². The summed E-state index contributed by atoms with van der Waals surface area (Å²) < 4.78 is 1.99. The Morgan fingerprint density at radius 3 is 2.40 bits per heavy atom. The van der Waals surface area contributed by atoms with E-state index in [0.717, 1.165) is 18.5 Å². The van der Waals surface area contributed by atoms with Crippen LogP contribution in [0.15, 0.2) is 48.8 Å². The molecule has 0 unspecified atom stereocenters. The van der Waals surface area contributed by atoms with Gasteiger partial charge in [-0.25, -0.2) is 0 Å². The van der Waals surface area contributed by atoms with E-state index in [4.69, 9.17) is 0 Å². The third-order valence-electron chi connectivity index (χ3n) is 3.95. The maximum atomic E-state index is 12.0. The molecule has 0 saturated heterocycles. The Labute approximate surface area is 118 Å². The predicted molar refractivity (Wildman–Crippen MR) is 76.9 cm³/mol. The van der Waals surface area contributed by atoms with Gasteiger partial charge in [0.25, 0.3) is 5.91 Å². The highest BCUT2D eigenvalue weighted by Crippen LogP contribution is 2.44. The molecule has 2 aromatic rings. The van der Waals surface area contributed by atoms with Gasteiger partial charge >= 0.3 is 0 Å². The van der Waals surface area contributed by atoms with E-state index in [1.165, 1.54) is 0 Å². The molecule has 0 radical (unpaired) electrons. The molecule has 3 rings (SSSR count). The molecule has 20 heavy (non-hydrogen) atoms. The Morgan fingerprint density at radius 2 is 1.85 bits per heavy atom. The Hall–Kier alpha value is -2.07. The molecule has 1 aliphatic carbocycles. The summed E-state index contributed by atoms with van der Waals surface area (Å²) in [6.07, 6.45) is 5.92. The van der Waals surface area contributed by atoms with Crippen LogP contribution in [0.3, 0.4) is 0 Å². The number of hydrogen-bond donors (Lipinski definition) is 2. The summed E-state index contributed by atoms with van der Waals surface area (Å²) in [5.74, 6) is -0.0798. The maximum absolute atomic E-state index is 12.0. The van der Waals surface area contributed by atoms with Crippen LogP contribution in [-0.2, 0) is 0 Å². The van der Waals surface area contributed by atoms with Gasteiger partial charge in [0.1, 0.15) is 0 Å². The van der Waals surface area contributed by atoms with Crippen molar-refractivity contribution < 1.29 is 9.90 Å². The topological polar surface area (TPSA) is 54.3 Å². The van der Waals surface area contributed by atoms with E-state index in [2.05, 4.69) is 5.32 Å². The number of carbonyl (C=O) groups excluding carboxylic acids is 1. The highest BCUT2D eigenvalue weighted by atomic mass is 16.3. The summed E-state index contributed by atoms with van der Waals surface area (Å²) in [4.78, 5) is 12.0. The minimum atomic E-state index is -0.0798. The Bertz CT molecular complexity index is 583. The molecule has 4 nitrogen and oxygen atoms in total. The monoisotopic (exact) mass is 270 g/mol. The second-order valence-electron chi connectivity index (χ2n) is 5.48. The molecule has 1 fully saturated rings. The first kappa shape index (κ1) is 12.9. The van der Waals surface area contributed by atoms with Crippen molar-refractivity contribution in [3.8, 4) is 5.69 Å². The zero-order valence-corrected chi connectivity index (χ0v) is 11.2. The molecular weight excluding hydrogens is 252 g/mol. The molecule has 1 heterocycles. The van der Waals surface area contributed by atoms with E-state index < -0.39 is 0 Å². The maximum Gasteiger partial charge on any atom is 0.251 e. The molecule has 2 N–H and O–H groups in total. The van der Waals surface area contributed by atoms with E-state index in [-0.39, 0.29) is 17.9 Å². The molecule has 1 saturated carbocycles. The first-order chi connectivity index (χ1) is 9.72. The van der Waals surface area contributed by atoms with Crippen LogP contribution in [0.25, 0.3) is 5.69 Å². The molecular formula is C16H18N2O2. The predicted octanol–water partition coefficient (Wildman–Crippen LogP) is 1.98. The van der Waals surface area contributed by atoms with Crippen LogP contribution in [0, 0.1) is 5.41 Å². The number of benzene rings is 1. The first-order valence-electron chi connectivity index (χ1n) is 6.85. The molecule has 0 aliphatic heterocycles. The summed E-state index contributed by atoms with van der Waals surface area (Å²) in [6.45, 7) is 0.710. The van der Waals surface area contributed by atoms with Crippen LogP contribution in [-0.4, -0.2) is 28.7 Å². The third kappa shape index (κ3) is 2.60. The summed E-state index contributed by atoms with van der Waals surface area (Å²) in [5.41, 5.74) is 1.62. The molecule has 1 amide bonds. The molecule has 0 atom stereocenters. The number of nitrogens with one attached hydrogen (secondary N) is 1. The largest absolute Gasteiger partial charge is 0.396 e. The number of rotatable bonds is 5. The molecule has 0 spiro atoms. The van der Waals surface area contributed by atoms with Crippen LogP contribution >= 0.6 is 0 Å². The summed E-state index contributed by atoms with van der Waals surface area (Å²) in [7, 11) is 0. The zero-order valence-electron chi connectivity index (χ0n) is 11.2. The fourth-order valence-electron chi connectivity index (χ4n) is 2.23. The number of aromatic nitrogens is 1. The standard InChI is InChI=1S/C16H18N2O2/c19-12-16(7-8-16)11-17-15(20)13-3-5-14(6-4-13)18-9-1-2-10-18/h1-6,9-10,19H,7-8,11-12H2,(H,17,20). The molecule has 0 bridgehead atoms. The minimum absolute atomic E-state index is 0.0548. The summed E-state index contributed by atoms with van der Waals surface area (Å²) >= 11 is 0. The molecule has 4 heteroatoms. The lowest BCUT2D eigenvalue weighted by Gasteiger charge is -2.13. The van der Waals surface area contributed by atoms with E-state index in [9.17, 15) is 9.90 Å². The van der Waals surface area contributed by atoms with Crippen molar-refractivity contribution in [2.45, 2.75) is 12.8 Å². The second-order valence-corrected chi connectivity index (χ2v) is 5.48.